The smallest absolute Gasteiger partial charge is 0.409 e. The fourth-order valence-corrected chi connectivity index (χ4v) is 3.83. The standard InChI is InChI=1S/C19H18N2O3/c1-24-18(23)21-11-10-19(12-21)14-7-3-4-8-15(14)20-17(19)13-6-2-5-9-16(13)22/h2-9,22H,10-12H2,1H3. The maximum absolute atomic E-state index is 12.0. The third-order valence-corrected chi connectivity index (χ3v) is 4.97. The molecule has 2 aromatic rings. The lowest BCUT2D eigenvalue weighted by molar-refractivity contribution is 0.132. The van der Waals surface area contributed by atoms with Crippen LogP contribution < -0.4 is 0 Å². The van der Waals surface area contributed by atoms with Gasteiger partial charge in [0.05, 0.1) is 23.9 Å². The van der Waals surface area contributed by atoms with Crippen LogP contribution in [0.5, 0.6) is 5.75 Å². The van der Waals surface area contributed by atoms with E-state index in [1.165, 1.54) is 7.11 Å². The van der Waals surface area contributed by atoms with E-state index in [1.54, 1.807) is 17.0 Å². The number of phenols is 1. The number of carbonyl (C=O) groups excluding carboxylic acids is 1. The SMILES string of the molecule is COC(=O)N1CCC2(C1)C(c1ccccc1O)=Nc1ccccc12. The van der Waals surface area contributed by atoms with E-state index in [0.29, 0.717) is 13.1 Å². The van der Waals surface area contributed by atoms with Crippen LogP contribution in [0.1, 0.15) is 17.5 Å². The lowest BCUT2D eigenvalue weighted by Gasteiger charge is -2.27. The summed E-state index contributed by atoms with van der Waals surface area (Å²) in [7, 11) is 1.40. The minimum atomic E-state index is -0.399. The molecule has 5 heteroatoms. The van der Waals surface area contributed by atoms with E-state index in [1.807, 2.05) is 30.3 Å². The summed E-state index contributed by atoms with van der Waals surface area (Å²) in [4.78, 5) is 18.5. The van der Waals surface area contributed by atoms with Gasteiger partial charge in [-0.25, -0.2) is 4.79 Å². The van der Waals surface area contributed by atoms with E-state index in [0.717, 1.165) is 28.9 Å². The quantitative estimate of drug-likeness (QED) is 0.877. The van der Waals surface area contributed by atoms with Gasteiger partial charge in [-0.3, -0.25) is 4.99 Å². The van der Waals surface area contributed by atoms with Gasteiger partial charge in [0.2, 0.25) is 0 Å². The molecule has 0 bridgehead atoms. The van der Waals surface area contributed by atoms with Crippen LogP contribution in [0.3, 0.4) is 0 Å². The molecule has 0 aliphatic carbocycles. The molecule has 122 valence electrons. The Bertz CT molecular complexity index is 846. The summed E-state index contributed by atoms with van der Waals surface area (Å²) in [6.45, 7) is 1.11. The second-order valence-electron chi connectivity index (χ2n) is 6.22. The third kappa shape index (κ3) is 2.01. The highest BCUT2D eigenvalue weighted by Crippen LogP contribution is 2.48. The van der Waals surface area contributed by atoms with E-state index in [2.05, 4.69) is 6.07 Å². The summed E-state index contributed by atoms with van der Waals surface area (Å²) >= 11 is 0. The van der Waals surface area contributed by atoms with Gasteiger partial charge in [-0.05, 0) is 30.2 Å². The van der Waals surface area contributed by atoms with Gasteiger partial charge in [0.1, 0.15) is 5.75 Å². The Balaban J connectivity index is 1.85. The topological polar surface area (TPSA) is 62.1 Å². The van der Waals surface area contributed by atoms with Crippen LogP contribution in [-0.4, -0.2) is 42.0 Å². The minimum absolute atomic E-state index is 0.208. The van der Waals surface area contributed by atoms with Gasteiger partial charge in [0.15, 0.2) is 0 Å². The average Bonchev–Trinajstić information content (AvgIpc) is 3.19. The largest absolute Gasteiger partial charge is 0.507 e. The number of ether oxygens (including phenoxy) is 1. The van der Waals surface area contributed by atoms with Crippen molar-refractivity contribution in [3.05, 3.63) is 59.7 Å². The summed E-state index contributed by atoms with van der Waals surface area (Å²) in [5.41, 5.74) is 3.16. The third-order valence-electron chi connectivity index (χ3n) is 4.97. The van der Waals surface area contributed by atoms with Gasteiger partial charge in [0, 0.05) is 18.7 Å². The first kappa shape index (κ1) is 14.8. The van der Waals surface area contributed by atoms with Gasteiger partial charge < -0.3 is 14.7 Å². The minimum Gasteiger partial charge on any atom is -0.507 e. The molecule has 1 unspecified atom stereocenters. The molecule has 5 nitrogen and oxygen atoms in total. The van der Waals surface area contributed by atoms with Crippen LogP contribution >= 0.6 is 0 Å². The number of methoxy groups -OCH3 is 1. The molecule has 0 radical (unpaired) electrons. The number of hydrogen-bond donors (Lipinski definition) is 1. The molecule has 1 N–H and O–H groups in total. The van der Waals surface area contributed by atoms with Gasteiger partial charge in [0.25, 0.3) is 0 Å². The maximum atomic E-state index is 12.0. The zero-order valence-electron chi connectivity index (χ0n) is 13.4. The van der Waals surface area contributed by atoms with Crippen molar-refractivity contribution in [2.75, 3.05) is 20.2 Å². The summed E-state index contributed by atoms with van der Waals surface area (Å²) < 4.78 is 4.89. The van der Waals surface area contributed by atoms with Crippen LogP contribution in [-0.2, 0) is 10.2 Å². The molecular formula is C19H18N2O3. The molecule has 2 heterocycles. The van der Waals surface area contributed by atoms with Crippen LogP contribution in [0.15, 0.2) is 53.5 Å². The maximum Gasteiger partial charge on any atom is 0.409 e. The first-order valence-electron chi connectivity index (χ1n) is 7.96. The number of rotatable bonds is 1. The number of para-hydroxylation sites is 2. The number of benzene rings is 2. The van der Waals surface area contributed by atoms with E-state index >= 15 is 0 Å². The Morgan fingerprint density at radius 2 is 1.96 bits per heavy atom. The number of carbonyl (C=O) groups is 1. The van der Waals surface area contributed by atoms with Crippen molar-refractivity contribution in [1.82, 2.24) is 4.90 Å². The normalized spacial score (nSPS) is 21.7. The second kappa shape index (κ2) is 5.37. The van der Waals surface area contributed by atoms with Crippen molar-refractivity contribution in [1.29, 1.82) is 0 Å². The second-order valence-corrected chi connectivity index (χ2v) is 6.22. The lowest BCUT2D eigenvalue weighted by atomic mass is 9.74. The predicted octanol–water partition coefficient (Wildman–Crippen LogP) is 3.24. The van der Waals surface area contributed by atoms with Crippen molar-refractivity contribution >= 4 is 17.5 Å². The fourth-order valence-electron chi connectivity index (χ4n) is 3.83. The van der Waals surface area contributed by atoms with Gasteiger partial charge in [-0.1, -0.05) is 30.3 Å². The van der Waals surface area contributed by atoms with Crippen molar-refractivity contribution in [3.8, 4) is 5.75 Å². The Hall–Kier alpha value is -2.82. The molecule has 1 saturated heterocycles. The summed E-state index contributed by atoms with van der Waals surface area (Å²) in [6, 6.07) is 15.2. The van der Waals surface area contributed by atoms with Gasteiger partial charge in [-0.15, -0.1) is 0 Å². The number of aliphatic imine (C=N–C) groups is 1. The highest BCUT2D eigenvalue weighted by molar-refractivity contribution is 6.14. The van der Waals surface area contributed by atoms with Crippen LogP contribution in [0.25, 0.3) is 0 Å². The zero-order chi connectivity index (χ0) is 16.7. The molecular weight excluding hydrogens is 304 g/mol. The highest BCUT2D eigenvalue weighted by atomic mass is 16.5. The number of aromatic hydroxyl groups is 1. The molecule has 1 fully saturated rings. The first-order chi connectivity index (χ1) is 11.7. The van der Waals surface area contributed by atoms with E-state index in [-0.39, 0.29) is 11.8 Å². The first-order valence-corrected chi connectivity index (χ1v) is 7.96. The predicted molar refractivity (Wildman–Crippen MR) is 91.0 cm³/mol. The number of nitrogens with zero attached hydrogens (tertiary/aromatic N) is 2. The lowest BCUT2D eigenvalue weighted by Crippen LogP contribution is -2.39. The van der Waals surface area contributed by atoms with Crippen LogP contribution in [0.4, 0.5) is 10.5 Å². The molecule has 1 spiro atoms. The molecule has 0 saturated carbocycles. The fraction of sp³-hybridized carbons (Fsp3) is 0.263. The molecule has 2 aliphatic heterocycles. The molecule has 24 heavy (non-hydrogen) atoms. The zero-order valence-corrected chi connectivity index (χ0v) is 13.4. The van der Waals surface area contributed by atoms with Crippen molar-refractivity contribution in [2.24, 2.45) is 4.99 Å². The van der Waals surface area contributed by atoms with E-state index in [4.69, 9.17) is 9.73 Å². The number of hydrogen-bond acceptors (Lipinski definition) is 4. The van der Waals surface area contributed by atoms with Gasteiger partial charge in [-0.2, -0.15) is 0 Å². The summed E-state index contributed by atoms with van der Waals surface area (Å²) in [6.07, 6.45) is 0.430. The van der Waals surface area contributed by atoms with Crippen LogP contribution in [0.2, 0.25) is 0 Å². The average molecular weight is 322 g/mol. The summed E-state index contributed by atoms with van der Waals surface area (Å²) in [5.74, 6) is 0.208. The number of amides is 1. The van der Waals surface area contributed by atoms with Crippen molar-refractivity contribution in [2.45, 2.75) is 11.8 Å². The van der Waals surface area contributed by atoms with Crippen molar-refractivity contribution in [3.63, 3.8) is 0 Å². The Morgan fingerprint density at radius 3 is 2.75 bits per heavy atom. The number of likely N-dealkylation sites (tertiary alicyclic amines) is 1. The molecule has 0 aromatic heterocycles. The molecule has 2 aliphatic rings. The van der Waals surface area contributed by atoms with Crippen LogP contribution in [0, 0.1) is 0 Å². The summed E-state index contributed by atoms with van der Waals surface area (Å²) in [5, 5.41) is 10.3. The number of phenolic OH excluding ortho intramolecular Hbond substituents is 1. The molecule has 4 rings (SSSR count). The molecule has 1 atom stereocenters. The monoisotopic (exact) mass is 322 g/mol. The van der Waals surface area contributed by atoms with E-state index in [9.17, 15) is 9.90 Å². The van der Waals surface area contributed by atoms with E-state index < -0.39 is 5.41 Å². The van der Waals surface area contributed by atoms with Crippen molar-refractivity contribution < 1.29 is 14.6 Å². The van der Waals surface area contributed by atoms with Gasteiger partial charge >= 0.3 is 6.09 Å². The molecule has 1 amide bonds. The Labute approximate surface area is 140 Å². The Morgan fingerprint density at radius 1 is 1.21 bits per heavy atom. The molecule has 2 aromatic carbocycles. The Kier molecular flexibility index (Phi) is 3.30. The number of fused-ring (bicyclic) bond motifs is 2. The highest BCUT2D eigenvalue weighted by Gasteiger charge is 2.50.